The number of nitrogens with one attached hydrogen (secondary N) is 1. The predicted octanol–water partition coefficient (Wildman–Crippen LogP) is 3.78. The molecule has 3 aromatic carbocycles. The second kappa shape index (κ2) is 11.5. The first kappa shape index (κ1) is 23.6. The number of ether oxygens (including phenoxy) is 4. The third-order valence-corrected chi connectivity index (χ3v) is 6.04. The zero-order chi connectivity index (χ0) is 22.8. The zero-order valence-electron chi connectivity index (χ0n) is 18.1. The lowest BCUT2D eigenvalue weighted by molar-refractivity contribution is 0.146. The molecule has 0 aliphatic heterocycles. The lowest BCUT2D eigenvalue weighted by atomic mass is 10.2. The van der Waals surface area contributed by atoms with Crippen molar-refractivity contribution in [1.82, 2.24) is 4.72 Å². The third-order valence-electron chi connectivity index (χ3n) is 4.62. The summed E-state index contributed by atoms with van der Waals surface area (Å²) in [6, 6.07) is 21.4. The van der Waals surface area contributed by atoms with E-state index < -0.39 is 10.0 Å². The van der Waals surface area contributed by atoms with Gasteiger partial charge < -0.3 is 18.9 Å². The summed E-state index contributed by atoms with van der Waals surface area (Å²) in [5.41, 5.74) is 1.79. The van der Waals surface area contributed by atoms with E-state index in [1.165, 1.54) is 12.1 Å². The highest BCUT2D eigenvalue weighted by molar-refractivity contribution is 7.89. The lowest BCUT2D eigenvalue weighted by Crippen LogP contribution is -2.23. The van der Waals surface area contributed by atoms with Crippen LogP contribution in [0.25, 0.3) is 0 Å². The van der Waals surface area contributed by atoms with Gasteiger partial charge in [0.25, 0.3) is 0 Å². The SMILES string of the molecule is COCCOc1ccc(S(=O)(=O)NCc2ccc(OCc3ccccc3)c(OC)c2)cc1. The number of benzene rings is 3. The van der Waals surface area contributed by atoms with Crippen molar-refractivity contribution in [3.63, 3.8) is 0 Å². The van der Waals surface area contributed by atoms with Gasteiger partial charge in [0.1, 0.15) is 19.0 Å². The maximum atomic E-state index is 12.6. The molecule has 3 aromatic rings. The number of hydrogen-bond acceptors (Lipinski definition) is 6. The summed E-state index contributed by atoms with van der Waals surface area (Å²) in [5.74, 6) is 1.71. The molecule has 1 N–H and O–H groups in total. The predicted molar refractivity (Wildman–Crippen MR) is 122 cm³/mol. The van der Waals surface area contributed by atoms with E-state index in [1.807, 2.05) is 30.3 Å². The first-order chi connectivity index (χ1) is 15.5. The molecule has 0 saturated carbocycles. The van der Waals surface area contributed by atoms with Crippen molar-refractivity contribution in [2.24, 2.45) is 0 Å². The van der Waals surface area contributed by atoms with Crippen LogP contribution in [-0.2, 0) is 27.9 Å². The molecule has 0 atom stereocenters. The molecule has 170 valence electrons. The Hall–Kier alpha value is -3.07. The molecule has 8 heteroatoms. The first-order valence-corrected chi connectivity index (χ1v) is 11.6. The molecular weight excluding hydrogens is 430 g/mol. The van der Waals surface area contributed by atoms with Crippen molar-refractivity contribution in [2.75, 3.05) is 27.4 Å². The van der Waals surface area contributed by atoms with Gasteiger partial charge in [0.2, 0.25) is 10.0 Å². The van der Waals surface area contributed by atoms with Gasteiger partial charge in [0.15, 0.2) is 11.5 Å². The molecule has 3 rings (SSSR count). The van der Waals surface area contributed by atoms with Gasteiger partial charge in [-0.25, -0.2) is 13.1 Å². The summed E-state index contributed by atoms with van der Waals surface area (Å²) >= 11 is 0. The fourth-order valence-electron chi connectivity index (χ4n) is 2.90. The fraction of sp³-hybridized carbons (Fsp3) is 0.250. The smallest absolute Gasteiger partial charge is 0.240 e. The second-order valence-electron chi connectivity index (χ2n) is 6.90. The maximum absolute atomic E-state index is 12.6. The van der Waals surface area contributed by atoms with Crippen molar-refractivity contribution in [1.29, 1.82) is 0 Å². The molecule has 7 nitrogen and oxygen atoms in total. The molecule has 0 aliphatic carbocycles. The minimum Gasteiger partial charge on any atom is -0.493 e. The molecule has 0 spiro atoms. The summed E-state index contributed by atoms with van der Waals surface area (Å²) in [6.07, 6.45) is 0. The molecule has 0 aliphatic rings. The Balaban J connectivity index is 1.60. The lowest BCUT2D eigenvalue weighted by Gasteiger charge is -2.13. The summed E-state index contributed by atoms with van der Waals surface area (Å²) in [6.45, 7) is 1.38. The van der Waals surface area contributed by atoms with Gasteiger partial charge in [-0.3, -0.25) is 0 Å². The Morgan fingerprint density at radius 1 is 0.781 bits per heavy atom. The number of sulfonamides is 1. The van der Waals surface area contributed by atoms with Crippen molar-refractivity contribution in [3.8, 4) is 17.2 Å². The summed E-state index contributed by atoms with van der Waals surface area (Å²) < 4.78 is 49.5. The van der Waals surface area contributed by atoms with Crippen LogP contribution in [0.5, 0.6) is 17.2 Å². The molecule has 0 bridgehead atoms. The Morgan fingerprint density at radius 2 is 1.53 bits per heavy atom. The van der Waals surface area contributed by atoms with Gasteiger partial charge in [0, 0.05) is 13.7 Å². The molecule has 32 heavy (non-hydrogen) atoms. The standard InChI is InChI=1S/C24H27NO6S/c1-28-14-15-30-21-9-11-22(12-10-21)32(26,27)25-17-20-8-13-23(24(16-20)29-2)31-18-19-6-4-3-5-7-19/h3-13,16,25H,14-15,17-18H2,1-2H3. The van der Waals surface area contributed by atoms with E-state index in [1.54, 1.807) is 44.6 Å². The van der Waals surface area contributed by atoms with Crippen LogP contribution < -0.4 is 18.9 Å². The van der Waals surface area contributed by atoms with Crippen molar-refractivity contribution in [3.05, 3.63) is 83.9 Å². The van der Waals surface area contributed by atoms with Gasteiger partial charge in [-0.2, -0.15) is 0 Å². The van der Waals surface area contributed by atoms with E-state index in [9.17, 15) is 8.42 Å². The van der Waals surface area contributed by atoms with E-state index in [4.69, 9.17) is 18.9 Å². The Bertz CT molecular complexity index is 1090. The molecule has 0 amide bonds. The second-order valence-corrected chi connectivity index (χ2v) is 8.66. The van der Waals surface area contributed by atoms with Crippen LogP contribution >= 0.6 is 0 Å². The molecule has 0 fully saturated rings. The minimum atomic E-state index is -3.68. The van der Waals surface area contributed by atoms with Crippen molar-refractivity contribution in [2.45, 2.75) is 18.0 Å². The zero-order valence-corrected chi connectivity index (χ0v) is 18.9. The summed E-state index contributed by atoms with van der Waals surface area (Å²) in [7, 11) is -0.539. The van der Waals surface area contributed by atoms with E-state index in [2.05, 4.69) is 4.72 Å². The van der Waals surface area contributed by atoms with Gasteiger partial charge >= 0.3 is 0 Å². The molecule has 0 aromatic heterocycles. The van der Waals surface area contributed by atoms with Crippen LogP contribution in [0.15, 0.2) is 77.7 Å². The molecule has 0 radical (unpaired) electrons. The van der Waals surface area contributed by atoms with Gasteiger partial charge in [-0.15, -0.1) is 0 Å². The highest BCUT2D eigenvalue weighted by Crippen LogP contribution is 2.29. The topological polar surface area (TPSA) is 83.1 Å². The van der Waals surface area contributed by atoms with Crippen LogP contribution in [0.3, 0.4) is 0 Å². The van der Waals surface area contributed by atoms with E-state index in [-0.39, 0.29) is 11.4 Å². The average Bonchev–Trinajstić information content (AvgIpc) is 2.83. The van der Waals surface area contributed by atoms with Crippen molar-refractivity contribution >= 4 is 10.0 Å². The van der Waals surface area contributed by atoms with Crippen LogP contribution in [0, 0.1) is 0 Å². The fourth-order valence-corrected chi connectivity index (χ4v) is 3.91. The van der Waals surface area contributed by atoms with E-state index >= 15 is 0 Å². The van der Waals surface area contributed by atoms with Gasteiger partial charge in [-0.1, -0.05) is 36.4 Å². The van der Waals surface area contributed by atoms with Crippen LogP contribution in [0.2, 0.25) is 0 Å². The average molecular weight is 458 g/mol. The Morgan fingerprint density at radius 3 is 2.22 bits per heavy atom. The van der Waals surface area contributed by atoms with Crippen LogP contribution in [0.1, 0.15) is 11.1 Å². The van der Waals surface area contributed by atoms with Gasteiger partial charge in [-0.05, 0) is 47.5 Å². The quantitative estimate of drug-likeness (QED) is 0.417. The minimum absolute atomic E-state index is 0.115. The van der Waals surface area contributed by atoms with Crippen LogP contribution in [0.4, 0.5) is 0 Å². The Kier molecular flexibility index (Phi) is 8.49. The number of methoxy groups -OCH3 is 2. The summed E-state index contributed by atoms with van der Waals surface area (Å²) in [5, 5.41) is 0. The first-order valence-electron chi connectivity index (χ1n) is 10.1. The normalized spacial score (nSPS) is 11.2. The van der Waals surface area contributed by atoms with E-state index in [0.717, 1.165) is 11.1 Å². The Labute approximate surface area is 189 Å². The third kappa shape index (κ3) is 6.71. The van der Waals surface area contributed by atoms with Crippen LogP contribution in [-0.4, -0.2) is 35.9 Å². The highest BCUT2D eigenvalue weighted by atomic mass is 32.2. The summed E-state index contributed by atoms with van der Waals surface area (Å²) in [4.78, 5) is 0.159. The number of hydrogen-bond donors (Lipinski definition) is 1. The highest BCUT2D eigenvalue weighted by Gasteiger charge is 2.15. The monoisotopic (exact) mass is 457 g/mol. The van der Waals surface area contributed by atoms with Gasteiger partial charge in [0.05, 0.1) is 18.6 Å². The molecule has 0 saturated heterocycles. The molecule has 0 heterocycles. The number of rotatable bonds is 12. The molecule has 0 unspecified atom stereocenters. The molecular formula is C24H27NO6S. The van der Waals surface area contributed by atoms with E-state index in [0.29, 0.717) is 37.1 Å². The van der Waals surface area contributed by atoms with Crippen molar-refractivity contribution < 1.29 is 27.4 Å². The largest absolute Gasteiger partial charge is 0.493 e. The maximum Gasteiger partial charge on any atom is 0.240 e.